The van der Waals surface area contributed by atoms with E-state index >= 15 is 0 Å². The predicted octanol–water partition coefficient (Wildman–Crippen LogP) is 2.46. The molecule has 1 aromatic rings. The Balaban J connectivity index is 2.12. The molecule has 0 saturated carbocycles. The number of carbonyl (C=O) groups excluding carboxylic acids is 1. The first-order valence-electron chi connectivity index (χ1n) is 6.48. The summed E-state index contributed by atoms with van der Waals surface area (Å²) in [6.07, 6.45) is 2.43. The molecule has 18 heavy (non-hydrogen) atoms. The summed E-state index contributed by atoms with van der Waals surface area (Å²) in [7, 11) is 0. The zero-order valence-corrected chi connectivity index (χ0v) is 11.1. The normalized spacial score (nSPS) is 16.7. The van der Waals surface area contributed by atoms with Gasteiger partial charge in [0, 0.05) is 25.7 Å². The van der Waals surface area contributed by atoms with Crippen LogP contribution in [0.2, 0.25) is 0 Å². The molecule has 4 nitrogen and oxygen atoms in total. The fraction of sp³-hybridized carbons (Fsp3) is 0.500. The van der Waals surface area contributed by atoms with Gasteiger partial charge in [-0.15, -0.1) is 0 Å². The average molecular weight is 247 g/mol. The van der Waals surface area contributed by atoms with E-state index in [4.69, 9.17) is 5.73 Å². The highest BCUT2D eigenvalue weighted by Crippen LogP contribution is 2.30. The molecule has 1 saturated heterocycles. The average Bonchev–Trinajstić information content (AvgIpc) is 2.30. The van der Waals surface area contributed by atoms with Gasteiger partial charge in [-0.3, -0.25) is 4.79 Å². The van der Waals surface area contributed by atoms with Crippen molar-refractivity contribution in [2.24, 2.45) is 5.92 Å². The van der Waals surface area contributed by atoms with E-state index in [1.807, 2.05) is 18.2 Å². The topological polar surface area (TPSA) is 58.4 Å². The molecule has 1 aliphatic rings. The number of benzene rings is 1. The van der Waals surface area contributed by atoms with E-state index in [0.717, 1.165) is 36.1 Å². The van der Waals surface area contributed by atoms with Crippen molar-refractivity contribution in [1.82, 2.24) is 0 Å². The van der Waals surface area contributed by atoms with Crippen LogP contribution in [0.3, 0.4) is 0 Å². The van der Waals surface area contributed by atoms with Crippen LogP contribution in [0.15, 0.2) is 18.2 Å². The lowest BCUT2D eigenvalue weighted by Gasteiger charge is -2.33. The molecule has 0 aliphatic carbocycles. The first kappa shape index (κ1) is 12.7. The minimum Gasteiger partial charge on any atom is -0.397 e. The van der Waals surface area contributed by atoms with Crippen molar-refractivity contribution < 1.29 is 4.79 Å². The highest BCUT2D eigenvalue weighted by molar-refractivity contribution is 5.90. The molecular formula is C14H21N3O. The highest BCUT2D eigenvalue weighted by Gasteiger charge is 2.17. The van der Waals surface area contributed by atoms with Crippen LogP contribution in [0, 0.1) is 5.92 Å². The largest absolute Gasteiger partial charge is 0.397 e. The number of nitrogens with two attached hydrogens (primary N) is 1. The van der Waals surface area contributed by atoms with Crippen molar-refractivity contribution in [3.05, 3.63) is 18.2 Å². The Bertz CT molecular complexity index is 437. The number of piperidine rings is 1. The van der Waals surface area contributed by atoms with Gasteiger partial charge in [-0.25, -0.2) is 0 Å². The molecule has 0 radical (unpaired) electrons. The van der Waals surface area contributed by atoms with E-state index in [1.165, 1.54) is 19.8 Å². The fourth-order valence-electron chi connectivity index (χ4n) is 2.37. The lowest BCUT2D eigenvalue weighted by molar-refractivity contribution is -0.114. The standard InChI is InChI=1S/C14H21N3O/c1-10-5-7-17(8-6-10)14-4-3-12(9-13(14)15)16-11(2)18/h3-4,9-10H,5-8,15H2,1-2H3,(H,16,18). The molecule has 1 amide bonds. The van der Waals surface area contributed by atoms with Crippen LogP contribution in [-0.4, -0.2) is 19.0 Å². The SMILES string of the molecule is CC(=O)Nc1ccc(N2CCC(C)CC2)c(N)c1. The molecule has 0 unspecified atom stereocenters. The molecule has 1 aromatic carbocycles. The third-order valence-corrected chi connectivity index (χ3v) is 3.47. The second-order valence-corrected chi connectivity index (χ2v) is 5.12. The van der Waals surface area contributed by atoms with E-state index in [9.17, 15) is 4.79 Å². The maximum absolute atomic E-state index is 11.0. The van der Waals surface area contributed by atoms with Gasteiger partial charge in [-0.1, -0.05) is 6.92 Å². The summed E-state index contributed by atoms with van der Waals surface area (Å²) in [5, 5.41) is 2.75. The van der Waals surface area contributed by atoms with Gasteiger partial charge in [0.05, 0.1) is 11.4 Å². The van der Waals surface area contributed by atoms with Crippen LogP contribution >= 0.6 is 0 Å². The van der Waals surface area contributed by atoms with Crippen LogP contribution in [0.5, 0.6) is 0 Å². The number of hydrogen-bond acceptors (Lipinski definition) is 3. The van der Waals surface area contributed by atoms with Gasteiger partial charge in [0.15, 0.2) is 0 Å². The van der Waals surface area contributed by atoms with Crippen molar-refractivity contribution in [2.45, 2.75) is 26.7 Å². The summed E-state index contributed by atoms with van der Waals surface area (Å²) in [6.45, 7) is 5.91. The van der Waals surface area contributed by atoms with Gasteiger partial charge in [0.2, 0.25) is 5.91 Å². The zero-order chi connectivity index (χ0) is 13.1. The molecular weight excluding hydrogens is 226 g/mol. The summed E-state index contributed by atoms with van der Waals surface area (Å²) in [5.41, 5.74) is 8.64. The van der Waals surface area contributed by atoms with Crippen molar-refractivity contribution in [1.29, 1.82) is 0 Å². The molecule has 0 aromatic heterocycles. The Morgan fingerprint density at radius 1 is 1.39 bits per heavy atom. The molecule has 1 fully saturated rings. The number of carbonyl (C=O) groups is 1. The number of anilines is 3. The van der Waals surface area contributed by atoms with Gasteiger partial charge < -0.3 is 16.0 Å². The smallest absolute Gasteiger partial charge is 0.221 e. The molecule has 1 aliphatic heterocycles. The van der Waals surface area contributed by atoms with Gasteiger partial charge in [-0.05, 0) is 37.0 Å². The molecule has 98 valence electrons. The number of hydrogen-bond donors (Lipinski definition) is 2. The van der Waals surface area contributed by atoms with Crippen LogP contribution < -0.4 is 16.0 Å². The summed E-state index contributed by atoms with van der Waals surface area (Å²) in [5.74, 6) is 0.732. The Labute approximate surface area is 108 Å². The summed E-state index contributed by atoms with van der Waals surface area (Å²) in [6, 6.07) is 5.73. The van der Waals surface area contributed by atoms with Crippen molar-refractivity contribution in [3.63, 3.8) is 0 Å². The van der Waals surface area contributed by atoms with E-state index in [0.29, 0.717) is 0 Å². The summed E-state index contributed by atoms with van der Waals surface area (Å²) < 4.78 is 0. The summed E-state index contributed by atoms with van der Waals surface area (Å²) in [4.78, 5) is 13.3. The highest BCUT2D eigenvalue weighted by atomic mass is 16.1. The van der Waals surface area contributed by atoms with E-state index in [2.05, 4.69) is 17.1 Å². The number of amides is 1. The Kier molecular flexibility index (Phi) is 3.75. The Morgan fingerprint density at radius 3 is 2.61 bits per heavy atom. The maximum atomic E-state index is 11.0. The van der Waals surface area contributed by atoms with Crippen molar-refractivity contribution >= 4 is 23.0 Å². The number of nitrogens with one attached hydrogen (secondary N) is 1. The van der Waals surface area contributed by atoms with Gasteiger partial charge in [-0.2, -0.15) is 0 Å². The van der Waals surface area contributed by atoms with Crippen LogP contribution in [0.25, 0.3) is 0 Å². The number of nitrogens with zero attached hydrogens (tertiary/aromatic N) is 1. The van der Waals surface area contributed by atoms with Gasteiger partial charge >= 0.3 is 0 Å². The minimum atomic E-state index is -0.0750. The molecule has 3 N–H and O–H groups in total. The van der Waals surface area contributed by atoms with Crippen molar-refractivity contribution in [3.8, 4) is 0 Å². The fourth-order valence-corrected chi connectivity index (χ4v) is 2.37. The number of rotatable bonds is 2. The zero-order valence-electron chi connectivity index (χ0n) is 11.1. The monoisotopic (exact) mass is 247 g/mol. The quantitative estimate of drug-likeness (QED) is 0.789. The second-order valence-electron chi connectivity index (χ2n) is 5.12. The Hall–Kier alpha value is -1.71. The second kappa shape index (κ2) is 5.29. The molecule has 0 spiro atoms. The maximum Gasteiger partial charge on any atom is 0.221 e. The van der Waals surface area contributed by atoms with Crippen LogP contribution in [0.4, 0.5) is 17.1 Å². The lowest BCUT2D eigenvalue weighted by atomic mass is 9.98. The molecule has 0 bridgehead atoms. The predicted molar refractivity (Wildman–Crippen MR) is 75.8 cm³/mol. The van der Waals surface area contributed by atoms with Gasteiger partial charge in [0.1, 0.15) is 0 Å². The molecule has 4 heteroatoms. The lowest BCUT2D eigenvalue weighted by Crippen LogP contribution is -2.33. The van der Waals surface area contributed by atoms with E-state index in [-0.39, 0.29) is 5.91 Å². The molecule has 0 atom stereocenters. The summed E-state index contributed by atoms with van der Waals surface area (Å²) >= 11 is 0. The first-order chi connectivity index (χ1) is 8.56. The number of nitrogen functional groups attached to an aromatic ring is 1. The van der Waals surface area contributed by atoms with Crippen LogP contribution in [-0.2, 0) is 4.79 Å². The van der Waals surface area contributed by atoms with Crippen molar-refractivity contribution in [2.75, 3.05) is 29.0 Å². The minimum absolute atomic E-state index is 0.0750. The van der Waals surface area contributed by atoms with Crippen LogP contribution in [0.1, 0.15) is 26.7 Å². The molecule has 1 heterocycles. The van der Waals surface area contributed by atoms with E-state index in [1.54, 1.807) is 0 Å². The van der Waals surface area contributed by atoms with Gasteiger partial charge in [0.25, 0.3) is 0 Å². The first-order valence-corrected chi connectivity index (χ1v) is 6.48. The third kappa shape index (κ3) is 2.94. The Morgan fingerprint density at radius 2 is 2.06 bits per heavy atom. The third-order valence-electron chi connectivity index (χ3n) is 3.47. The molecule has 2 rings (SSSR count). The van der Waals surface area contributed by atoms with E-state index < -0.39 is 0 Å².